The van der Waals surface area contributed by atoms with Gasteiger partial charge in [-0.25, -0.2) is 13.2 Å². The van der Waals surface area contributed by atoms with E-state index in [9.17, 15) is 23.1 Å². The van der Waals surface area contributed by atoms with Gasteiger partial charge in [0, 0.05) is 31.2 Å². The van der Waals surface area contributed by atoms with Crippen molar-refractivity contribution in [1.82, 2.24) is 9.80 Å². The van der Waals surface area contributed by atoms with Crippen LogP contribution in [0.4, 0.5) is 5.69 Å². The second kappa shape index (κ2) is 12.7. The van der Waals surface area contributed by atoms with Crippen molar-refractivity contribution in [2.75, 3.05) is 31.5 Å². The summed E-state index contributed by atoms with van der Waals surface area (Å²) < 4.78 is 34.8. The number of rotatable bonds is 10. The van der Waals surface area contributed by atoms with Crippen molar-refractivity contribution in [3.63, 3.8) is 0 Å². The number of hydrogen-bond donors (Lipinski definition) is 3. The molecule has 0 bridgehead atoms. The van der Waals surface area contributed by atoms with Gasteiger partial charge in [0.05, 0.1) is 28.7 Å². The van der Waals surface area contributed by atoms with E-state index in [0.29, 0.717) is 25.4 Å². The highest BCUT2D eigenvalue weighted by atomic mass is 32.2. The highest BCUT2D eigenvalue weighted by molar-refractivity contribution is 7.92. The van der Waals surface area contributed by atoms with Gasteiger partial charge < -0.3 is 19.8 Å². The summed E-state index contributed by atoms with van der Waals surface area (Å²) in [4.78, 5) is 28.6. The number of sulfonamides is 1. The number of hydrogen-bond acceptors (Lipinski definition) is 7. The summed E-state index contributed by atoms with van der Waals surface area (Å²) in [7, 11) is -1.94. The molecular formula is C30H35N3O7S. The maximum absolute atomic E-state index is 13.7. The fourth-order valence-electron chi connectivity index (χ4n) is 4.75. The molecule has 1 aliphatic rings. The molecule has 1 aliphatic heterocycles. The lowest BCUT2D eigenvalue weighted by Crippen LogP contribution is -2.49. The number of aromatic carboxylic acids is 1. The third-order valence-electron chi connectivity index (χ3n) is 7.12. The SMILES string of the molecule is C[C@H]1CN([C@@H](C)CO)C(=O)c2cc(NS(=O)(=O)c3ccccc3)ccc2O[C@H]1CN(C)Cc1ccc(C(=O)O)cc1. The third kappa shape index (κ3) is 7.24. The second-order valence-corrected chi connectivity index (χ2v) is 12.1. The second-order valence-electron chi connectivity index (χ2n) is 10.5. The average molecular weight is 582 g/mol. The zero-order chi connectivity index (χ0) is 29.7. The zero-order valence-corrected chi connectivity index (χ0v) is 24.0. The number of benzene rings is 3. The predicted molar refractivity (Wildman–Crippen MR) is 155 cm³/mol. The van der Waals surface area contributed by atoms with E-state index >= 15 is 0 Å². The number of carbonyl (C=O) groups excluding carboxylic acids is 1. The summed E-state index contributed by atoms with van der Waals surface area (Å²) in [5, 5.41) is 19.1. The number of carboxylic acid groups (broad SMARTS) is 1. The van der Waals surface area contributed by atoms with Crippen LogP contribution in [0.5, 0.6) is 5.75 Å². The van der Waals surface area contributed by atoms with Crippen LogP contribution in [0.15, 0.2) is 77.7 Å². The van der Waals surface area contributed by atoms with E-state index in [2.05, 4.69) is 9.62 Å². The molecule has 218 valence electrons. The lowest BCUT2D eigenvalue weighted by molar-refractivity contribution is 0.0341. The number of carboxylic acids is 1. The monoisotopic (exact) mass is 581 g/mol. The van der Waals surface area contributed by atoms with Crippen LogP contribution in [0.25, 0.3) is 0 Å². The number of carbonyl (C=O) groups is 2. The van der Waals surface area contributed by atoms with E-state index in [1.54, 1.807) is 66.4 Å². The molecule has 1 amide bonds. The highest BCUT2D eigenvalue weighted by Gasteiger charge is 2.33. The van der Waals surface area contributed by atoms with Crippen molar-refractivity contribution in [1.29, 1.82) is 0 Å². The minimum atomic E-state index is -3.88. The summed E-state index contributed by atoms with van der Waals surface area (Å²) in [6, 6.07) is 18.8. The molecule has 0 radical (unpaired) electrons. The molecule has 41 heavy (non-hydrogen) atoms. The molecule has 0 saturated heterocycles. The Morgan fingerprint density at radius 1 is 1.12 bits per heavy atom. The Kier molecular flexibility index (Phi) is 9.31. The lowest BCUT2D eigenvalue weighted by atomic mass is 9.99. The molecule has 0 unspecified atom stereocenters. The van der Waals surface area contributed by atoms with Crippen molar-refractivity contribution in [2.45, 2.75) is 37.4 Å². The Balaban J connectivity index is 1.60. The summed E-state index contributed by atoms with van der Waals surface area (Å²) in [5.74, 6) is -1.12. The van der Waals surface area contributed by atoms with Crippen LogP contribution in [0, 0.1) is 5.92 Å². The van der Waals surface area contributed by atoms with Crippen molar-refractivity contribution >= 4 is 27.6 Å². The quantitative estimate of drug-likeness (QED) is 0.331. The van der Waals surface area contributed by atoms with Gasteiger partial charge in [-0.2, -0.15) is 0 Å². The van der Waals surface area contributed by atoms with Crippen molar-refractivity contribution in [2.24, 2.45) is 5.92 Å². The molecule has 3 aromatic carbocycles. The Bertz CT molecular complexity index is 1480. The summed E-state index contributed by atoms with van der Waals surface area (Å²) in [5.41, 5.74) is 1.58. The number of aliphatic hydroxyl groups excluding tert-OH is 1. The van der Waals surface area contributed by atoms with Gasteiger partial charge in [0.2, 0.25) is 0 Å². The van der Waals surface area contributed by atoms with Crippen molar-refractivity contribution in [3.05, 3.63) is 89.5 Å². The van der Waals surface area contributed by atoms with Crippen LogP contribution in [0.1, 0.15) is 40.1 Å². The number of fused-ring (bicyclic) bond motifs is 1. The van der Waals surface area contributed by atoms with Gasteiger partial charge >= 0.3 is 5.97 Å². The van der Waals surface area contributed by atoms with Crippen LogP contribution >= 0.6 is 0 Å². The van der Waals surface area contributed by atoms with Gasteiger partial charge in [-0.05, 0) is 62.0 Å². The molecule has 1 heterocycles. The molecule has 10 nitrogen and oxygen atoms in total. The molecule has 0 fully saturated rings. The van der Waals surface area contributed by atoms with Gasteiger partial charge in [0.25, 0.3) is 15.9 Å². The first kappa shape index (κ1) is 30.0. The highest BCUT2D eigenvalue weighted by Crippen LogP contribution is 2.31. The number of aliphatic hydroxyl groups is 1. The fourth-order valence-corrected chi connectivity index (χ4v) is 5.82. The Morgan fingerprint density at radius 2 is 1.80 bits per heavy atom. The van der Waals surface area contributed by atoms with Crippen LogP contribution in [-0.2, 0) is 16.6 Å². The van der Waals surface area contributed by atoms with Crippen molar-refractivity contribution in [3.8, 4) is 5.75 Å². The molecule has 11 heteroatoms. The Morgan fingerprint density at radius 3 is 2.44 bits per heavy atom. The van der Waals surface area contributed by atoms with E-state index in [4.69, 9.17) is 9.84 Å². The number of ether oxygens (including phenoxy) is 1. The van der Waals surface area contributed by atoms with Gasteiger partial charge in [-0.15, -0.1) is 0 Å². The Labute approximate surface area is 240 Å². The number of nitrogens with one attached hydrogen (secondary N) is 1. The van der Waals surface area contributed by atoms with Crippen LogP contribution in [0.2, 0.25) is 0 Å². The predicted octanol–water partition coefficient (Wildman–Crippen LogP) is 3.54. The number of anilines is 1. The van der Waals surface area contributed by atoms with Crippen LogP contribution in [-0.4, -0.2) is 79.2 Å². The molecule has 3 atom stereocenters. The molecule has 0 aromatic heterocycles. The zero-order valence-electron chi connectivity index (χ0n) is 23.2. The van der Waals surface area contributed by atoms with Gasteiger partial charge in [-0.1, -0.05) is 37.3 Å². The number of amides is 1. The van der Waals surface area contributed by atoms with Crippen molar-refractivity contribution < 1.29 is 33.0 Å². The van der Waals surface area contributed by atoms with Gasteiger partial charge in [0.1, 0.15) is 11.9 Å². The summed E-state index contributed by atoms with van der Waals surface area (Å²) in [6.45, 7) is 4.89. The molecule has 3 aromatic rings. The first-order chi connectivity index (χ1) is 19.5. The standard InChI is InChI=1S/C30H35N3O7S/c1-20-16-33(21(2)19-34)29(35)26-15-24(31-41(38,39)25-7-5-4-6-8-25)13-14-27(26)40-28(20)18-32(3)17-22-9-11-23(12-10-22)30(36)37/h4-15,20-21,28,31,34H,16-19H2,1-3H3,(H,36,37)/t20-,21-,28-/m0/s1. The van der Waals surface area contributed by atoms with E-state index in [0.717, 1.165) is 5.56 Å². The van der Waals surface area contributed by atoms with E-state index in [1.807, 2.05) is 14.0 Å². The number of nitrogens with zero attached hydrogens (tertiary/aromatic N) is 2. The molecule has 0 saturated carbocycles. The Hall–Kier alpha value is -3.93. The molecular weight excluding hydrogens is 546 g/mol. The first-order valence-corrected chi connectivity index (χ1v) is 14.8. The van der Waals surface area contributed by atoms with Gasteiger partial charge in [-0.3, -0.25) is 14.4 Å². The summed E-state index contributed by atoms with van der Waals surface area (Å²) in [6.07, 6.45) is -0.342. The maximum Gasteiger partial charge on any atom is 0.335 e. The third-order valence-corrected chi connectivity index (χ3v) is 8.51. The maximum atomic E-state index is 13.7. The average Bonchev–Trinajstić information content (AvgIpc) is 2.95. The van der Waals surface area contributed by atoms with E-state index in [-0.39, 0.29) is 46.2 Å². The minimum Gasteiger partial charge on any atom is -0.488 e. The van der Waals surface area contributed by atoms with Crippen LogP contribution < -0.4 is 9.46 Å². The molecule has 0 spiro atoms. The van der Waals surface area contributed by atoms with E-state index in [1.165, 1.54) is 18.2 Å². The molecule has 4 rings (SSSR count). The smallest absolute Gasteiger partial charge is 0.335 e. The van der Waals surface area contributed by atoms with E-state index < -0.39 is 22.0 Å². The largest absolute Gasteiger partial charge is 0.488 e. The lowest BCUT2D eigenvalue weighted by Gasteiger charge is -2.38. The minimum absolute atomic E-state index is 0.0966. The first-order valence-electron chi connectivity index (χ1n) is 13.3. The topological polar surface area (TPSA) is 136 Å². The fraction of sp³-hybridized carbons (Fsp3) is 0.333. The normalized spacial score (nSPS) is 18.2. The van der Waals surface area contributed by atoms with Crippen LogP contribution in [0.3, 0.4) is 0 Å². The summed E-state index contributed by atoms with van der Waals surface area (Å²) >= 11 is 0. The number of likely N-dealkylation sites (N-methyl/N-ethyl adjacent to an activating group) is 1. The molecule has 0 aliphatic carbocycles. The van der Waals surface area contributed by atoms with Gasteiger partial charge in [0.15, 0.2) is 0 Å². The molecule has 3 N–H and O–H groups in total.